The van der Waals surface area contributed by atoms with Gasteiger partial charge in [-0.2, -0.15) is 0 Å². The summed E-state index contributed by atoms with van der Waals surface area (Å²) in [5.74, 6) is 0. The first-order valence-corrected chi connectivity index (χ1v) is 4.44. The Balaban J connectivity index is 2.60. The summed E-state index contributed by atoms with van der Waals surface area (Å²) in [7, 11) is 4.07. The van der Waals surface area contributed by atoms with Crippen LogP contribution >= 0.6 is 0 Å². The van der Waals surface area contributed by atoms with E-state index in [9.17, 15) is 0 Å². The average molecular weight is 178 g/mol. The quantitative estimate of drug-likeness (QED) is 0.732. The molecule has 70 valence electrons. The Bertz CT molecular complexity index is 425. The number of aromatic nitrogens is 2. The minimum atomic E-state index is 0.212. The molecule has 0 aliphatic heterocycles. The molecular formula is C10H14N2O. The van der Waals surface area contributed by atoms with Crippen LogP contribution in [-0.2, 0) is 20.5 Å². The summed E-state index contributed by atoms with van der Waals surface area (Å²) in [6.45, 7) is 0.212. The predicted octanol–water partition coefficient (Wildman–Crippen LogP) is 1.05. The molecule has 2 rings (SSSR count). The summed E-state index contributed by atoms with van der Waals surface area (Å²) in [6.07, 6.45) is 2.78. The molecule has 2 aromatic rings. The van der Waals surface area contributed by atoms with Gasteiger partial charge in [-0.15, -0.1) is 0 Å². The highest BCUT2D eigenvalue weighted by Gasteiger charge is 2.06. The lowest BCUT2D eigenvalue weighted by atomic mass is 10.3. The lowest BCUT2D eigenvalue weighted by Crippen LogP contribution is -1.98. The molecule has 2 aromatic heterocycles. The Kier molecular flexibility index (Phi) is 1.88. The van der Waals surface area contributed by atoms with Crippen LogP contribution < -0.4 is 0 Å². The van der Waals surface area contributed by atoms with Gasteiger partial charge in [-0.3, -0.25) is 0 Å². The van der Waals surface area contributed by atoms with Crippen molar-refractivity contribution in [3.05, 3.63) is 24.0 Å². The van der Waals surface area contributed by atoms with Crippen LogP contribution in [0.25, 0.3) is 11.0 Å². The Hall–Kier alpha value is -1.22. The van der Waals surface area contributed by atoms with Crippen LogP contribution in [0.3, 0.4) is 0 Å². The molecule has 0 radical (unpaired) electrons. The third-order valence-corrected chi connectivity index (χ3v) is 2.56. The maximum absolute atomic E-state index is 8.86. The van der Waals surface area contributed by atoms with Crippen LogP contribution in [0, 0.1) is 0 Å². The zero-order valence-corrected chi connectivity index (χ0v) is 7.99. The predicted molar refractivity (Wildman–Crippen MR) is 52.7 cm³/mol. The Labute approximate surface area is 77.2 Å². The topological polar surface area (TPSA) is 30.1 Å². The molecule has 0 saturated carbocycles. The second kappa shape index (κ2) is 2.92. The van der Waals surface area contributed by atoms with Gasteiger partial charge >= 0.3 is 0 Å². The van der Waals surface area contributed by atoms with E-state index in [0.29, 0.717) is 0 Å². The number of aliphatic hydroxyl groups is 1. The highest BCUT2D eigenvalue weighted by molar-refractivity contribution is 5.78. The van der Waals surface area contributed by atoms with Crippen molar-refractivity contribution >= 4 is 11.0 Å². The number of aryl methyl sites for hydroxylation is 2. The molecule has 3 nitrogen and oxygen atoms in total. The van der Waals surface area contributed by atoms with Gasteiger partial charge < -0.3 is 14.2 Å². The molecule has 0 spiro atoms. The summed E-state index contributed by atoms with van der Waals surface area (Å²) in [6, 6.07) is 4.22. The Morgan fingerprint density at radius 1 is 1.31 bits per heavy atom. The van der Waals surface area contributed by atoms with Gasteiger partial charge in [0.1, 0.15) is 0 Å². The van der Waals surface area contributed by atoms with Crippen LogP contribution in [0.2, 0.25) is 0 Å². The van der Waals surface area contributed by atoms with E-state index in [4.69, 9.17) is 5.11 Å². The molecule has 0 aliphatic rings. The fourth-order valence-corrected chi connectivity index (χ4v) is 1.75. The van der Waals surface area contributed by atoms with Gasteiger partial charge in [0.25, 0.3) is 0 Å². The minimum Gasteiger partial charge on any atom is -0.396 e. The van der Waals surface area contributed by atoms with Crippen molar-refractivity contribution in [3.8, 4) is 0 Å². The van der Waals surface area contributed by atoms with E-state index in [-0.39, 0.29) is 6.61 Å². The molecule has 0 saturated heterocycles. The third kappa shape index (κ3) is 1.16. The average Bonchev–Trinajstić information content (AvgIpc) is 2.59. The van der Waals surface area contributed by atoms with E-state index < -0.39 is 0 Å². The van der Waals surface area contributed by atoms with Crippen molar-refractivity contribution in [2.75, 3.05) is 6.61 Å². The van der Waals surface area contributed by atoms with E-state index in [0.717, 1.165) is 6.42 Å². The first kappa shape index (κ1) is 8.38. The molecule has 0 aliphatic carbocycles. The summed E-state index contributed by atoms with van der Waals surface area (Å²) in [5, 5.41) is 8.86. The molecule has 13 heavy (non-hydrogen) atoms. The Morgan fingerprint density at radius 3 is 2.69 bits per heavy atom. The molecule has 2 heterocycles. The maximum atomic E-state index is 8.86. The third-order valence-electron chi connectivity index (χ3n) is 2.56. The molecule has 3 heteroatoms. The summed E-state index contributed by atoms with van der Waals surface area (Å²) < 4.78 is 4.22. The van der Waals surface area contributed by atoms with Crippen LogP contribution in [0.4, 0.5) is 0 Å². The fraction of sp³-hybridized carbons (Fsp3) is 0.400. The number of hydrogen-bond donors (Lipinski definition) is 1. The van der Waals surface area contributed by atoms with E-state index >= 15 is 0 Å². The monoisotopic (exact) mass is 178 g/mol. The molecule has 0 atom stereocenters. The van der Waals surface area contributed by atoms with Gasteiger partial charge in [-0.25, -0.2) is 0 Å². The first-order valence-electron chi connectivity index (χ1n) is 4.44. The lowest BCUT2D eigenvalue weighted by Gasteiger charge is -1.99. The highest BCUT2D eigenvalue weighted by Crippen LogP contribution is 2.19. The first-order chi connectivity index (χ1) is 6.24. The zero-order chi connectivity index (χ0) is 9.42. The van der Waals surface area contributed by atoms with Gasteiger partial charge in [-0.05, 0) is 12.1 Å². The van der Waals surface area contributed by atoms with E-state index in [1.54, 1.807) is 0 Å². The second-order valence-corrected chi connectivity index (χ2v) is 3.37. The number of rotatable bonds is 2. The standard InChI is InChI=1S/C10H14N2O/c1-11-5-3-9-10(11)7-8(4-6-13)12(9)2/h3,5,7,13H,4,6H2,1-2H3. The van der Waals surface area contributed by atoms with Crippen molar-refractivity contribution < 1.29 is 5.11 Å². The highest BCUT2D eigenvalue weighted by atomic mass is 16.3. The summed E-state index contributed by atoms with van der Waals surface area (Å²) in [5.41, 5.74) is 3.64. The number of nitrogens with zero attached hydrogens (tertiary/aromatic N) is 2. The second-order valence-electron chi connectivity index (χ2n) is 3.37. The van der Waals surface area contributed by atoms with Crippen LogP contribution in [0.1, 0.15) is 5.69 Å². The molecular weight excluding hydrogens is 164 g/mol. The van der Waals surface area contributed by atoms with Gasteiger partial charge in [0.2, 0.25) is 0 Å². The van der Waals surface area contributed by atoms with Crippen molar-refractivity contribution in [1.29, 1.82) is 0 Å². The van der Waals surface area contributed by atoms with E-state index in [1.807, 2.05) is 20.3 Å². The molecule has 0 unspecified atom stereocenters. The van der Waals surface area contributed by atoms with Gasteiger partial charge in [0.15, 0.2) is 0 Å². The zero-order valence-electron chi connectivity index (χ0n) is 7.99. The normalized spacial score (nSPS) is 11.3. The molecule has 0 fully saturated rings. The van der Waals surface area contributed by atoms with Gasteiger partial charge in [0, 0.05) is 39.0 Å². The number of aliphatic hydroxyl groups excluding tert-OH is 1. The SMILES string of the molecule is Cn1ccc2c1cc(CCO)n2C. The van der Waals surface area contributed by atoms with Crippen molar-refractivity contribution in [2.45, 2.75) is 6.42 Å². The Morgan fingerprint density at radius 2 is 2.08 bits per heavy atom. The van der Waals surface area contributed by atoms with E-state index in [2.05, 4.69) is 21.3 Å². The van der Waals surface area contributed by atoms with E-state index in [1.165, 1.54) is 16.7 Å². The molecule has 0 bridgehead atoms. The fourth-order valence-electron chi connectivity index (χ4n) is 1.75. The lowest BCUT2D eigenvalue weighted by molar-refractivity contribution is 0.297. The van der Waals surface area contributed by atoms with Crippen molar-refractivity contribution in [2.24, 2.45) is 14.1 Å². The van der Waals surface area contributed by atoms with Crippen LogP contribution in [0.5, 0.6) is 0 Å². The largest absolute Gasteiger partial charge is 0.396 e. The molecule has 0 aromatic carbocycles. The van der Waals surface area contributed by atoms with Gasteiger partial charge in [-0.1, -0.05) is 0 Å². The smallest absolute Gasteiger partial charge is 0.0662 e. The van der Waals surface area contributed by atoms with Gasteiger partial charge in [0.05, 0.1) is 11.0 Å². The summed E-state index contributed by atoms with van der Waals surface area (Å²) in [4.78, 5) is 0. The molecule has 1 N–H and O–H groups in total. The summed E-state index contributed by atoms with van der Waals surface area (Å²) >= 11 is 0. The van der Waals surface area contributed by atoms with Crippen LogP contribution in [-0.4, -0.2) is 20.8 Å². The maximum Gasteiger partial charge on any atom is 0.0662 e. The van der Waals surface area contributed by atoms with Crippen LogP contribution in [0.15, 0.2) is 18.3 Å². The van der Waals surface area contributed by atoms with Crippen molar-refractivity contribution in [3.63, 3.8) is 0 Å². The minimum absolute atomic E-state index is 0.212. The molecule has 0 amide bonds. The van der Waals surface area contributed by atoms with Crippen molar-refractivity contribution in [1.82, 2.24) is 9.13 Å². The number of hydrogen-bond acceptors (Lipinski definition) is 1. The number of fused-ring (bicyclic) bond motifs is 1.